The normalized spacial score (nSPS) is 10.3. The molecule has 144 valence electrons. The Morgan fingerprint density at radius 3 is 1.72 bits per heavy atom. The van der Waals surface area contributed by atoms with Crippen molar-refractivity contribution < 1.29 is 5.11 Å². The number of aliphatic hydroxyl groups is 1. The molecule has 29 heavy (non-hydrogen) atoms. The fraction of sp³-hybridized carbons (Fsp3) is 0.185. The smallest absolute Gasteiger partial charge is 0.120 e. The molecule has 3 rings (SSSR count). The van der Waals surface area contributed by atoms with Gasteiger partial charge in [0, 0.05) is 24.3 Å². The summed E-state index contributed by atoms with van der Waals surface area (Å²) in [6.45, 7) is 4.95. The highest BCUT2D eigenvalue weighted by Gasteiger charge is 2.09. The lowest BCUT2D eigenvalue weighted by molar-refractivity contribution is 0.143. The van der Waals surface area contributed by atoms with Gasteiger partial charge in [-0.25, -0.2) is 0 Å². The molecule has 1 N–H and O–H groups in total. The van der Waals surface area contributed by atoms with E-state index in [9.17, 15) is 5.11 Å². The van der Waals surface area contributed by atoms with Gasteiger partial charge in [-0.3, -0.25) is 0 Å². The van der Waals surface area contributed by atoms with Crippen LogP contribution >= 0.6 is 0 Å². The van der Waals surface area contributed by atoms with Gasteiger partial charge in [-0.2, -0.15) is 0 Å². The molecular weight excluding hydrogens is 354 g/mol. The summed E-state index contributed by atoms with van der Waals surface area (Å²) in [4.78, 5) is 2.36. The highest BCUT2D eigenvalue weighted by molar-refractivity contribution is 5.52. The van der Waals surface area contributed by atoms with Crippen molar-refractivity contribution in [3.63, 3.8) is 0 Å². The van der Waals surface area contributed by atoms with Crippen LogP contribution in [-0.4, -0.2) is 10.7 Å². The van der Waals surface area contributed by atoms with E-state index in [0.29, 0.717) is 0 Å². The molecule has 0 unspecified atom stereocenters. The van der Waals surface area contributed by atoms with Crippen LogP contribution in [-0.2, 0) is 13.1 Å². The van der Waals surface area contributed by atoms with Gasteiger partial charge in [-0.15, -0.1) is 0 Å². The van der Waals surface area contributed by atoms with Gasteiger partial charge in [0.2, 0.25) is 0 Å². The van der Waals surface area contributed by atoms with Gasteiger partial charge in [-0.05, 0) is 61.1 Å². The molecule has 3 aromatic carbocycles. The Labute approximate surface area is 173 Å². The Morgan fingerprint density at radius 1 is 0.724 bits per heavy atom. The van der Waals surface area contributed by atoms with Crippen molar-refractivity contribution in [2.45, 2.75) is 32.5 Å². The van der Waals surface area contributed by atoms with E-state index < -0.39 is 5.60 Å². The van der Waals surface area contributed by atoms with Gasteiger partial charge in [0.1, 0.15) is 5.60 Å². The summed E-state index contributed by atoms with van der Waals surface area (Å²) in [6.07, 6.45) is 0. The topological polar surface area (TPSA) is 23.5 Å². The van der Waals surface area contributed by atoms with E-state index in [2.05, 4.69) is 89.2 Å². The molecule has 0 aliphatic rings. The number of nitrogens with zero attached hydrogens (tertiary/aromatic N) is 1. The number of hydrogen-bond acceptors (Lipinski definition) is 2. The highest BCUT2D eigenvalue weighted by Crippen LogP contribution is 2.21. The van der Waals surface area contributed by atoms with E-state index in [4.69, 9.17) is 0 Å². The molecule has 3 aromatic rings. The second kappa shape index (κ2) is 9.65. The molecule has 0 fully saturated rings. The van der Waals surface area contributed by atoms with Crippen molar-refractivity contribution in [3.8, 4) is 23.7 Å². The minimum absolute atomic E-state index is 0.831. The maximum Gasteiger partial charge on any atom is 0.120 e. The molecular formula is C27H25NO. The predicted octanol–water partition coefficient (Wildman–Crippen LogP) is 5.02. The number of benzene rings is 3. The molecule has 0 spiro atoms. The van der Waals surface area contributed by atoms with Gasteiger partial charge < -0.3 is 10.0 Å². The first-order valence-corrected chi connectivity index (χ1v) is 9.68. The average Bonchev–Trinajstić information content (AvgIpc) is 2.72. The van der Waals surface area contributed by atoms with Crippen LogP contribution in [0.3, 0.4) is 0 Å². The standard InChI is InChI=1S/C27H25NO/c1-27(2,29)20-10-9-11-23-16-18-26(19-17-23)28(21-24-12-5-3-6-13-24)22-25-14-7-4-8-15-25/h3-8,12-19,29H,21-22H2,1-2H3. The van der Waals surface area contributed by atoms with E-state index in [1.807, 2.05) is 24.3 Å². The van der Waals surface area contributed by atoms with Gasteiger partial charge in [0.05, 0.1) is 0 Å². The summed E-state index contributed by atoms with van der Waals surface area (Å²) in [7, 11) is 0. The average molecular weight is 380 g/mol. The first kappa shape index (κ1) is 20.3. The second-order valence-electron chi connectivity index (χ2n) is 7.43. The minimum Gasteiger partial charge on any atom is -0.378 e. The van der Waals surface area contributed by atoms with E-state index in [1.165, 1.54) is 11.1 Å². The summed E-state index contributed by atoms with van der Waals surface area (Å²) in [6, 6.07) is 29.2. The summed E-state index contributed by atoms with van der Waals surface area (Å²) in [5.41, 5.74) is 3.57. The zero-order valence-electron chi connectivity index (χ0n) is 16.9. The Bertz CT molecular complexity index is 983. The number of hydrogen-bond donors (Lipinski definition) is 1. The fourth-order valence-electron chi connectivity index (χ4n) is 2.89. The van der Waals surface area contributed by atoms with Crippen molar-refractivity contribution in [2.24, 2.45) is 0 Å². The third kappa shape index (κ3) is 6.89. The molecule has 0 bridgehead atoms. The van der Waals surface area contributed by atoms with E-state index in [-0.39, 0.29) is 0 Å². The van der Waals surface area contributed by atoms with Crippen molar-refractivity contribution >= 4 is 5.69 Å². The highest BCUT2D eigenvalue weighted by atomic mass is 16.3. The lowest BCUT2D eigenvalue weighted by atomic mass is 10.1. The van der Waals surface area contributed by atoms with Crippen LogP contribution < -0.4 is 4.90 Å². The van der Waals surface area contributed by atoms with Crippen LogP contribution in [0.5, 0.6) is 0 Å². The zero-order chi connectivity index (χ0) is 20.5. The maximum absolute atomic E-state index is 9.61. The Morgan fingerprint density at radius 2 is 1.24 bits per heavy atom. The van der Waals surface area contributed by atoms with Crippen molar-refractivity contribution in [2.75, 3.05) is 4.90 Å². The molecule has 0 aliphatic carbocycles. The molecule has 0 aromatic heterocycles. The lowest BCUT2D eigenvalue weighted by Gasteiger charge is -2.25. The van der Waals surface area contributed by atoms with E-state index >= 15 is 0 Å². The van der Waals surface area contributed by atoms with Crippen molar-refractivity contribution in [1.29, 1.82) is 0 Å². The second-order valence-corrected chi connectivity index (χ2v) is 7.43. The fourth-order valence-corrected chi connectivity index (χ4v) is 2.89. The molecule has 0 atom stereocenters. The molecule has 0 aliphatic heterocycles. The molecule has 0 amide bonds. The van der Waals surface area contributed by atoms with Crippen LogP contribution in [0, 0.1) is 23.7 Å². The Balaban J connectivity index is 1.79. The van der Waals surface area contributed by atoms with Crippen LogP contribution in [0.15, 0.2) is 84.9 Å². The van der Waals surface area contributed by atoms with Gasteiger partial charge >= 0.3 is 0 Å². The van der Waals surface area contributed by atoms with Crippen LogP contribution in [0.25, 0.3) is 0 Å². The first-order chi connectivity index (χ1) is 14.0. The molecule has 0 saturated carbocycles. The number of rotatable bonds is 5. The van der Waals surface area contributed by atoms with E-state index in [1.54, 1.807) is 13.8 Å². The van der Waals surface area contributed by atoms with Gasteiger partial charge in [0.15, 0.2) is 0 Å². The number of anilines is 1. The predicted molar refractivity (Wildman–Crippen MR) is 120 cm³/mol. The molecule has 2 nitrogen and oxygen atoms in total. The third-order valence-corrected chi connectivity index (χ3v) is 4.30. The molecule has 0 heterocycles. The van der Waals surface area contributed by atoms with Crippen molar-refractivity contribution in [1.82, 2.24) is 0 Å². The summed E-state index contributed by atoms with van der Waals surface area (Å²) in [5.74, 6) is 11.2. The quantitative estimate of drug-likeness (QED) is 0.629. The third-order valence-electron chi connectivity index (χ3n) is 4.30. The van der Waals surface area contributed by atoms with Gasteiger partial charge in [0.25, 0.3) is 0 Å². The lowest BCUT2D eigenvalue weighted by Crippen LogP contribution is -2.22. The Hall–Kier alpha value is -3.46. The maximum atomic E-state index is 9.61. The first-order valence-electron chi connectivity index (χ1n) is 9.68. The minimum atomic E-state index is -1.02. The molecule has 2 heteroatoms. The van der Waals surface area contributed by atoms with Crippen LogP contribution in [0.1, 0.15) is 30.5 Å². The Kier molecular flexibility index (Phi) is 6.75. The summed E-state index contributed by atoms with van der Waals surface area (Å²) < 4.78 is 0. The zero-order valence-corrected chi connectivity index (χ0v) is 16.9. The SMILES string of the molecule is CC(C)(O)C#CC#Cc1ccc(N(Cc2ccccc2)Cc2ccccc2)cc1. The van der Waals surface area contributed by atoms with Crippen LogP contribution in [0.4, 0.5) is 5.69 Å². The monoisotopic (exact) mass is 379 g/mol. The van der Waals surface area contributed by atoms with Gasteiger partial charge in [-0.1, -0.05) is 72.5 Å². The summed E-state index contributed by atoms with van der Waals surface area (Å²) >= 11 is 0. The molecule has 0 saturated heterocycles. The largest absolute Gasteiger partial charge is 0.378 e. The van der Waals surface area contributed by atoms with Crippen LogP contribution in [0.2, 0.25) is 0 Å². The van der Waals surface area contributed by atoms with E-state index in [0.717, 1.165) is 24.3 Å². The van der Waals surface area contributed by atoms with Crippen molar-refractivity contribution in [3.05, 3.63) is 102 Å². The summed E-state index contributed by atoms with van der Waals surface area (Å²) in [5, 5.41) is 9.61. The molecule has 0 radical (unpaired) electrons.